The molecule has 136 valence electrons. The average molecular weight is 442 g/mol. The van der Waals surface area contributed by atoms with Gasteiger partial charge in [0.2, 0.25) is 5.17 Å². The van der Waals surface area contributed by atoms with E-state index in [9.17, 15) is 4.79 Å². The highest BCUT2D eigenvalue weighted by atomic mass is 79.9. The number of aryl methyl sites for hydroxylation is 1. The molecular formula is C19H16BrN5OS. The molecule has 0 saturated heterocycles. The Balaban J connectivity index is 1.77. The fourth-order valence-electron chi connectivity index (χ4n) is 3.16. The Hall–Kier alpha value is -2.45. The molecule has 4 rings (SSSR count). The Labute approximate surface area is 169 Å². The number of amidine groups is 2. The summed E-state index contributed by atoms with van der Waals surface area (Å²) in [6, 6.07) is 10.1. The highest BCUT2D eigenvalue weighted by Gasteiger charge is 2.34. The van der Waals surface area contributed by atoms with E-state index < -0.39 is 5.91 Å². The van der Waals surface area contributed by atoms with Crippen molar-refractivity contribution in [2.45, 2.75) is 20.8 Å². The molecule has 1 N–H and O–H groups in total. The molecule has 8 heteroatoms. The average Bonchev–Trinajstić information content (AvgIpc) is 3.12. The van der Waals surface area contributed by atoms with Crippen molar-refractivity contribution in [1.29, 1.82) is 5.41 Å². The summed E-state index contributed by atoms with van der Waals surface area (Å²) >= 11 is 4.76. The standard InChI is InChI=1S/C19H16BrN5OS/c1-10-8-13(11(2)24(10)15-6-4-14(20)5-7-15)9-16-17(21)25-19(22-18(16)26)27-12(3)23-25/h4-9,21H,1-3H3. The van der Waals surface area contributed by atoms with Crippen LogP contribution in [0.4, 0.5) is 0 Å². The molecule has 0 spiro atoms. The summed E-state index contributed by atoms with van der Waals surface area (Å²) in [7, 11) is 0. The lowest BCUT2D eigenvalue weighted by molar-refractivity contribution is -0.114. The third-order valence-electron chi connectivity index (χ3n) is 4.41. The van der Waals surface area contributed by atoms with Gasteiger partial charge in [0, 0.05) is 21.5 Å². The Morgan fingerprint density at radius 2 is 1.89 bits per heavy atom. The van der Waals surface area contributed by atoms with Crippen LogP contribution in [0.1, 0.15) is 23.9 Å². The first-order valence-electron chi connectivity index (χ1n) is 8.27. The van der Waals surface area contributed by atoms with Gasteiger partial charge < -0.3 is 4.57 Å². The van der Waals surface area contributed by atoms with Crippen LogP contribution in [0, 0.1) is 19.3 Å². The number of carbonyl (C=O) groups is 1. The molecule has 3 heterocycles. The number of fused-ring (bicyclic) bond motifs is 1. The summed E-state index contributed by atoms with van der Waals surface area (Å²) in [5.74, 6) is -0.347. The third kappa shape index (κ3) is 3.08. The number of hydrazone groups is 1. The predicted molar refractivity (Wildman–Crippen MR) is 114 cm³/mol. The zero-order chi connectivity index (χ0) is 19.3. The highest BCUT2D eigenvalue weighted by Crippen LogP contribution is 2.29. The number of aliphatic imine (C=N–C) groups is 1. The topological polar surface area (TPSA) is 73.8 Å². The van der Waals surface area contributed by atoms with Crippen molar-refractivity contribution in [3.8, 4) is 5.69 Å². The minimum atomic E-state index is -0.405. The second kappa shape index (κ2) is 6.61. The maximum Gasteiger partial charge on any atom is 0.283 e. The number of rotatable bonds is 2. The van der Waals surface area contributed by atoms with Gasteiger partial charge in [-0.15, -0.1) is 0 Å². The molecule has 0 bridgehead atoms. The molecule has 0 radical (unpaired) electrons. The zero-order valence-corrected chi connectivity index (χ0v) is 17.3. The smallest absolute Gasteiger partial charge is 0.283 e. The summed E-state index contributed by atoms with van der Waals surface area (Å²) in [6.45, 7) is 5.85. The molecule has 0 saturated carbocycles. The Morgan fingerprint density at radius 1 is 1.19 bits per heavy atom. The fraction of sp³-hybridized carbons (Fsp3) is 0.158. The van der Waals surface area contributed by atoms with E-state index in [2.05, 4.69) is 30.6 Å². The van der Waals surface area contributed by atoms with Crippen molar-refractivity contribution in [2.24, 2.45) is 10.1 Å². The summed E-state index contributed by atoms with van der Waals surface area (Å²) in [6.07, 6.45) is 1.73. The molecule has 27 heavy (non-hydrogen) atoms. The minimum Gasteiger partial charge on any atom is -0.318 e. The number of thioether (sulfide) groups is 1. The van der Waals surface area contributed by atoms with Gasteiger partial charge in [0.05, 0.1) is 10.6 Å². The zero-order valence-electron chi connectivity index (χ0n) is 14.9. The van der Waals surface area contributed by atoms with Gasteiger partial charge in [-0.2, -0.15) is 15.1 Å². The van der Waals surface area contributed by atoms with Gasteiger partial charge in [-0.25, -0.2) is 0 Å². The number of carbonyl (C=O) groups excluding carboxylic acids is 1. The van der Waals surface area contributed by atoms with Gasteiger partial charge in [-0.05, 0) is 74.5 Å². The van der Waals surface area contributed by atoms with Crippen LogP contribution < -0.4 is 0 Å². The fourth-order valence-corrected chi connectivity index (χ4v) is 4.16. The van der Waals surface area contributed by atoms with Gasteiger partial charge in [-0.3, -0.25) is 10.2 Å². The van der Waals surface area contributed by atoms with E-state index in [0.717, 1.165) is 32.2 Å². The van der Waals surface area contributed by atoms with Crippen molar-refractivity contribution in [2.75, 3.05) is 0 Å². The Kier molecular flexibility index (Phi) is 4.39. The quantitative estimate of drug-likeness (QED) is 0.697. The number of hydrogen-bond donors (Lipinski definition) is 1. The molecule has 6 nitrogen and oxygen atoms in total. The Morgan fingerprint density at radius 3 is 2.59 bits per heavy atom. The van der Waals surface area contributed by atoms with Crippen molar-refractivity contribution >= 4 is 55.7 Å². The molecule has 0 aliphatic carbocycles. The molecule has 1 amide bonds. The monoisotopic (exact) mass is 441 g/mol. The largest absolute Gasteiger partial charge is 0.318 e. The summed E-state index contributed by atoms with van der Waals surface area (Å²) < 4.78 is 3.14. The van der Waals surface area contributed by atoms with Crippen LogP contribution in [0.25, 0.3) is 11.8 Å². The summed E-state index contributed by atoms with van der Waals surface area (Å²) in [5.41, 5.74) is 4.21. The van der Waals surface area contributed by atoms with Gasteiger partial charge in [0.15, 0.2) is 5.84 Å². The first-order valence-corrected chi connectivity index (χ1v) is 9.88. The van der Waals surface area contributed by atoms with E-state index >= 15 is 0 Å². The number of hydrogen-bond acceptors (Lipinski definition) is 4. The van der Waals surface area contributed by atoms with Crippen LogP contribution in [0.3, 0.4) is 0 Å². The molecule has 2 aromatic rings. The lowest BCUT2D eigenvalue weighted by Gasteiger charge is -2.20. The normalized spacial score (nSPS) is 18.1. The van der Waals surface area contributed by atoms with Crippen LogP contribution in [-0.4, -0.2) is 31.5 Å². The highest BCUT2D eigenvalue weighted by molar-refractivity contribution is 9.10. The molecule has 1 aromatic carbocycles. The van der Waals surface area contributed by atoms with Crippen LogP contribution in [0.2, 0.25) is 0 Å². The Bertz CT molecular complexity index is 1080. The van der Waals surface area contributed by atoms with Gasteiger partial charge >= 0.3 is 0 Å². The van der Waals surface area contributed by atoms with Crippen LogP contribution in [0.5, 0.6) is 0 Å². The maximum absolute atomic E-state index is 12.5. The number of benzene rings is 1. The second-order valence-corrected chi connectivity index (χ2v) is 8.35. The summed E-state index contributed by atoms with van der Waals surface area (Å²) in [4.78, 5) is 16.5. The molecule has 2 aliphatic rings. The van der Waals surface area contributed by atoms with Crippen LogP contribution in [-0.2, 0) is 4.79 Å². The van der Waals surface area contributed by atoms with E-state index in [0.29, 0.717) is 5.17 Å². The lowest BCUT2D eigenvalue weighted by Crippen LogP contribution is -2.35. The van der Waals surface area contributed by atoms with E-state index in [1.165, 1.54) is 16.8 Å². The number of halogens is 1. The first-order chi connectivity index (χ1) is 12.8. The van der Waals surface area contributed by atoms with Gasteiger partial charge in [0.25, 0.3) is 5.91 Å². The van der Waals surface area contributed by atoms with Crippen LogP contribution >= 0.6 is 27.7 Å². The molecule has 0 atom stereocenters. The van der Waals surface area contributed by atoms with Crippen LogP contribution in [0.15, 0.2) is 50.5 Å². The number of nitrogens with one attached hydrogen (secondary N) is 1. The molecule has 0 fully saturated rings. The maximum atomic E-state index is 12.5. The van der Waals surface area contributed by atoms with Crippen molar-refractivity contribution < 1.29 is 4.79 Å². The third-order valence-corrected chi connectivity index (χ3v) is 5.76. The van der Waals surface area contributed by atoms with E-state index in [-0.39, 0.29) is 11.4 Å². The van der Waals surface area contributed by atoms with E-state index in [4.69, 9.17) is 5.41 Å². The van der Waals surface area contributed by atoms with Crippen molar-refractivity contribution in [1.82, 2.24) is 9.58 Å². The number of amides is 1. The second-order valence-electron chi connectivity index (χ2n) is 6.28. The summed E-state index contributed by atoms with van der Waals surface area (Å²) in [5, 5.41) is 15.3. The minimum absolute atomic E-state index is 0.0581. The SMILES string of the molecule is CC1=NN2C(=N)C(=Cc3cc(C)n(-c4ccc(Br)cc4)c3C)C(=O)N=C2S1. The van der Waals surface area contributed by atoms with E-state index in [1.807, 2.05) is 51.1 Å². The molecule has 2 aliphatic heterocycles. The van der Waals surface area contributed by atoms with Crippen molar-refractivity contribution in [3.63, 3.8) is 0 Å². The number of nitrogens with zero attached hydrogens (tertiary/aromatic N) is 4. The molecule has 0 unspecified atom stereocenters. The van der Waals surface area contributed by atoms with Gasteiger partial charge in [-0.1, -0.05) is 15.9 Å². The van der Waals surface area contributed by atoms with Crippen molar-refractivity contribution in [3.05, 3.63) is 57.3 Å². The van der Waals surface area contributed by atoms with E-state index in [1.54, 1.807) is 6.08 Å². The first kappa shape index (κ1) is 17.9. The predicted octanol–water partition coefficient (Wildman–Crippen LogP) is 4.50. The molecular weight excluding hydrogens is 426 g/mol. The number of aromatic nitrogens is 1. The lowest BCUT2D eigenvalue weighted by atomic mass is 10.1. The molecule has 1 aromatic heterocycles. The van der Waals surface area contributed by atoms with Gasteiger partial charge in [0.1, 0.15) is 0 Å².